The SMILES string of the molecule is C=[N+]=Nc1c(C(F)(F)F)c(C(F)(F)C(F)(F)F)nn1C. The fraction of sp³-hybridized carbons (Fsp3) is 0.500. The molecule has 1 aromatic heterocycles. The molecule has 0 N–H and O–H groups in total. The molecular formula is C8H5F8N4+. The van der Waals surface area contributed by atoms with Crippen molar-refractivity contribution >= 4 is 12.5 Å². The summed E-state index contributed by atoms with van der Waals surface area (Å²) in [4.78, 5) is 2.69. The first kappa shape index (κ1) is 16.1. The molecule has 0 radical (unpaired) electrons. The summed E-state index contributed by atoms with van der Waals surface area (Å²) in [6.45, 7) is 2.71. The van der Waals surface area contributed by atoms with Crippen molar-refractivity contribution in [2.24, 2.45) is 12.2 Å². The van der Waals surface area contributed by atoms with Gasteiger partial charge in [0, 0.05) is 11.8 Å². The molecule has 0 fully saturated rings. The predicted molar refractivity (Wildman–Crippen MR) is 47.6 cm³/mol. The Morgan fingerprint density at radius 2 is 1.60 bits per heavy atom. The topological polar surface area (TPSA) is 44.3 Å². The summed E-state index contributed by atoms with van der Waals surface area (Å²) in [5.41, 5.74) is -4.79. The molecule has 0 saturated heterocycles. The minimum atomic E-state index is -6.24. The Morgan fingerprint density at radius 3 is 1.95 bits per heavy atom. The Labute approximate surface area is 105 Å². The van der Waals surface area contributed by atoms with Crippen LogP contribution in [0.1, 0.15) is 11.3 Å². The molecule has 112 valence electrons. The second-order valence-electron chi connectivity index (χ2n) is 3.48. The zero-order chi connectivity index (χ0) is 15.9. The number of aromatic nitrogens is 2. The zero-order valence-electron chi connectivity index (χ0n) is 9.52. The van der Waals surface area contributed by atoms with Gasteiger partial charge in [-0.2, -0.15) is 40.2 Å². The van der Waals surface area contributed by atoms with Crippen molar-refractivity contribution in [1.29, 1.82) is 0 Å². The molecule has 0 amide bonds. The van der Waals surface area contributed by atoms with Crippen LogP contribution in [0, 0.1) is 0 Å². The van der Waals surface area contributed by atoms with Crippen LogP contribution in [0.15, 0.2) is 5.11 Å². The van der Waals surface area contributed by atoms with E-state index in [0.717, 1.165) is 7.05 Å². The Morgan fingerprint density at radius 1 is 1.10 bits per heavy atom. The van der Waals surface area contributed by atoms with Gasteiger partial charge in [-0.05, 0) is 0 Å². The Balaban J connectivity index is 3.74. The van der Waals surface area contributed by atoms with Crippen LogP contribution >= 0.6 is 0 Å². The van der Waals surface area contributed by atoms with Crippen molar-refractivity contribution in [3.63, 3.8) is 0 Å². The summed E-state index contributed by atoms with van der Waals surface area (Å²) >= 11 is 0. The molecule has 1 aromatic rings. The van der Waals surface area contributed by atoms with E-state index < -0.39 is 35.4 Å². The van der Waals surface area contributed by atoms with E-state index in [-0.39, 0.29) is 4.68 Å². The smallest absolute Gasteiger partial charge is 0.244 e. The molecule has 0 aliphatic heterocycles. The molecule has 0 aromatic carbocycles. The maximum Gasteiger partial charge on any atom is 0.459 e. The highest BCUT2D eigenvalue weighted by atomic mass is 19.4. The monoisotopic (exact) mass is 309 g/mol. The molecule has 0 aliphatic carbocycles. The molecule has 12 heteroatoms. The number of alkyl halides is 8. The van der Waals surface area contributed by atoms with Gasteiger partial charge in [-0.3, -0.25) is 0 Å². The molecule has 0 bridgehead atoms. The minimum absolute atomic E-state index is 0.118. The van der Waals surface area contributed by atoms with E-state index in [1.165, 1.54) is 0 Å². The minimum Gasteiger partial charge on any atom is -0.244 e. The van der Waals surface area contributed by atoms with E-state index >= 15 is 0 Å². The second kappa shape index (κ2) is 4.54. The zero-order valence-corrected chi connectivity index (χ0v) is 9.52. The third kappa shape index (κ3) is 2.50. The molecule has 1 heterocycles. The van der Waals surface area contributed by atoms with E-state index in [0.29, 0.717) is 0 Å². The van der Waals surface area contributed by atoms with Gasteiger partial charge in [0.2, 0.25) is 5.82 Å². The summed E-state index contributed by atoms with van der Waals surface area (Å²) in [6.07, 6.45) is -11.8. The maximum absolute atomic E-state index is 13.1. The third-order valence-electron chi connectivity index (χ3n) is 2.12. The summed E-state index contributed by atoms with van der Waals surface area (Å²) in [5, 5.41) is 5.36. The van der Waals surface area contributed by atoms with Crippen molar-refractivity contribution in [3.05, 3.63) is 11.3 Å². The van der Waals surface area contributed by atoms with Gasteiger partial charge < -0.3 is 0 Å². The summed E-state index contributed by atoms with van der Waals surface area (Å²) in [7, 11) is 0.717. The third-order valence-corrected chi connectivity index (χ3v) is 2.12. The van der Waals surface area contributed by atoms with E-state index in [1.54, 1.807) is 0 Å². The first-order chi connectivity index (χ1) is 8.84. The number of nitrogens with zero attached hydrogens (tertiary/aromatic N) is 4. The largest absolute Gasteiger partial charge is 0.459 e. The lowest BCUT2D eigenvalue weighted by molar-refractivity contribution is -0.292. The Bertz CT molecular complexity index is 560. The quantitative estimate of drug-likeness (QED) is 0.358. The van der Waals surface area contributed by atoms with Gasteiger partial charge >= 0.3 is 18.3 Å². The van der Waals surface area contributed by atoms with Gasteiger partial charge in [-0.15, -0.1) is 0 Å². The van der Waals surface area contributed by atoms with Gasteiger partial charge in [-0.1, -0.05) is 0 Å². The van der Waals surface area contributed by atoms with Crippen LogP contribution in [0.2, 0.25) is 0 Å². The molecule has 0 aliphatic rings. The van der Waals surface area contributed by atoms with Crippen molar-refractivity contribution < 1.29 is 39.9 Å². The number of hydrogen-bond acceptors (Lipinski definition) is 2. The van der Waals surface area contributed by atoms with Crippen LogP contribution in [0.25, 0.3) is 0 Å². The number of hydrogen-bond donors (Lipinski definition) is 0. The van der Waals surface area contributed by atoms with Crippen molar-refractivity contribution in [1.82, 2.24) is 9.78 Å². The van der Waals surface area contributed by atoms with Gasteiger partial charge in [0.15, 0.2) is 5.69 Å². The molecular weight excluding hydrogens is 304 g/mol. The fourth-order valence-corrected chi connectivity index (χ4v) is 1.31. The van der Waals surface area contributed by atoms with Crippen LogP contribution < -0.4 is 0 Å². The number of halogens is 8. The fourth-order valence-electron chi connectivity index (χ4n) is 1.31. The first-order valence-corrected chi connectivity index (χ1v) is 4.60. The maximum atomic E-state index is 13.1. The van der Waals surface area contributed by atoms with E-state index in [2.05, 4.69) is 21.7 Å². The molecule has 0 spiro atoms. The summed E-state index contributed by atoms with van der Waals surface area (Å²) < 4.78 is 101. The highest BCUT2D eigenvalue weighted by Crippen LogP contribution is 2.49. The molecule has 0 saturated carbocycles. The first-order valence-electron chi connectivity index (χ1n) is 4.60. The summed E-state index contributed by atoms with van der Waals surface area (Å²) in [6, 6.07) is 0. The van der Waals surface area contributed by atoms with Crippen LogP contribution in [0.5, 0.6) is 0 Å². The summed E-state index contributed by atoms with van der Waals surface area (Å²) in [5.74, 6) is -7.09. The number of rotatable bonds is 2. The predicted octanol–water partition coefficient (Wildman–Crippen LogP) is 3.09. The van der Waals surface area contributed by atoms with E-state index in [9.17, 15) is 35.1 Å². The standard InChI is InChI=1S/C8H5F8N4/c1-17-18-5-3(7(11,12)13)4(19-20(5)2)6(9,10)8(14,15)16/h1H2,2H3/q+1. The van der Waals surface area contributed by atoms with E-state index in [1.807, 2.05) is 0 Å². The van der Waals surface area contributed by atoms with Gasteiger partial charge in [0.1, 0.15) is 10.7 Å². The second-order valence-corrected chi connectivity index (χ2v) is 3.48. The molecule has 1 rings (SSSR count). The van der Waals surface area contributed by atoms with E-state index in [4.69, 9.17) is 0 Å². The number of aryl methyl sites for hydroxylation is 1. The van der Waals surface area contributed by atoms with Crippen molar-refractivity contribution in [2.75, 3.05) is 0 Å². The van der Waals surface area contributed by atoms with Crippen LogP contribution in [0.3, 0.4) is 0 Å². The lowest BCUT2D eigenvalue weighted by Gasteiger charge is -2.19. The van der Waals surface area contributed by atoms with Crippen LogP contribution in [0.4, 0.5) is 40.9 Å². The lowest BCUT2D eigenvalue weighted by atomic mass is 10.1. The average Bonchev–Trinajstić information content (AvgIpc) is 2.55. The molecule has 20 heavy (non-hydrogen) atoms. The van der Waals surface area contributed by atoms with Crippen LogP contribution in [-0.4, -0.2) is 27.5 Å². The van der Waals surface area contributed by atoms with Crippen LogP contribution in [-0.2, 0) is 19.1 Å². The lowest BCUT2D eigenvalue weighted by Crippen LogP contribution is -2.36. The molecule has 0 atom stereocenters. The highest BCUT2D eigenvalue weighted by molar-refractivity contribution is 5.46. The van der Waals surface area contributed by atoms with Gasteiger partial charge in [0.05, 0.1) is 0 Å². The Hall–Kier alpha value is -1.97. The van der Waals surface area contributed by atoms with Gasteiger partial charge in [0.25, 0.3) is 6.72 Å². The van der Waals surface area contributed by atoms with Gasteiger partial charge in [-0.25, -0.2) is 4.68 Å². The average molecular weight is 309 g/mol. The van der Waals surface area contributed by atoms with Crippen molar-refractivity contribution in [3.8, 4) is 0 Å². The Kier molecular flexibility index (Phi) is 3.66. The normalized spacial score (nSPS) is 13.2. The van der Waals surface area contributed by atoms with Crippen molar-refractivity contribution in [2.45, 2.75) is 18.3 Å². The molecule has 4 nitrogen and oxygen atoms in total. The highest BCUT2D eigenvalue weighted by Gasteiger charge is 2.64. The molecule has 0 unspecified atom stereocenters.